The number of ether oxygens (including phenoxy) is 1. The van der Waals surface area contributed by atoms with E-state index in [0.717, 1.165) is 25.7 Å². The van der Waals surface area contributed by atoms with Gasteiger partial charge >= 0.3 is 0 Å². The summed E-state index contributed by atoms with van der Waals surface area (Å²) >= 11 is 0. The molecule has 1 aliphatic carbocycles. The van der Waals surface area contributed by atoms with Gasteiger partial charge in [0.25, 0.3) is 0 Å². The highest BCUT2D eigenvalue weighted by Crippen LogP contribution is 2.27. The van der Waals surface area contributed by atoms with Crippen LogP contribution in [0.2, 0.25) is 0 Å². The summed E-state index contributed by atoms with van der Waals surface area (Å²) in [5.74, 6) is -0.0887. The van der Waals surface area contributed by atoms with Crippen molar-refractivity contribution in [2.75, 3.05) is 12.4 Å². The first-order valence-electron chi connectivity index (χ1n) is 6.94. The quantitative estimate of drug-likeness (QED) is 0.758. The average molecular weight is 288 g/mol. The number of rotatable bonds is 6. The molecule has 0 aromatic rings. The highest BCUT2D eigenvalue weighted by atomic mass is 32.2. The van der Waals surface area contributed by atoms with E-state index in [2.05, 4.69) is 10.8 Å². The largest absolute Gasteiger partial charge is 0.378 e. The minimum absolute atomic E-state index is 0.0120. The molecular formula is C13H24N2O3S. The molecular weight excluding hydrogens is 264 g/mol. The zero-order valence-electron chi connectivity index (χ0n) is 11.8. The number of sulfonamides is 1. The lowest BCUT2D eigenvalue weighted by molar-refractivity contribution is 0.0910. The molecule has 1 fully saturated rings. The van der Waals surface area contributed by atoms with Crippen LogP contribution in [0.1, 0.15) is 52.4 Å². The second-order valence-electron chi connectivity index (χ2n) is 5.45. The number of nitrogens with one attached hydrogen (secondary N) is 1. The Balaban J connectivity index is 2.60. The van der Waals surface area contributed by atoms with E-state index in [1.807, 2.05) is 13.8 Å². The maximum Gasteiger partial charge on any atom is 0.215 e. The van der Waals surface area contributed by atoms with Crippen molar-refractivity contribution < 1.29 is 13.2 Å². The van der Waals surface area contributed by atoms with Crippen LogP contribution in [0.25, 0.3) is 0 Å². The first-order chi connectivity index (χ1) is 8.89. The summed E-state index contributed by atoms with van der Waals surface area (Å²) in [6.07, 6.45) is 5.17. The van der Waals surface area contributed by atoms with E-state index < -0.39 is 15.6 Å². The van der Waals surface area contributed by atoms with Crippen molar-refractivity contribution in [1.29, 1.82) is 5.26 Å². The Bertz CT molecular complexity index is 404. The predicted molar refractivity (Wildman–Crippen MR) is 74.1 cm³/mol. The summed E-state index contributed by atoms with van der Waals surface area (Å²) in [5.41, 5.74) is -0.910. The van der Waals surface area contributed by atoms with Crippen molar-refractivity contribution >= 4 is 10.0 Å². The molecule has 0 saturated heterocycles. The molecule has 0 heterocycles. The minimum Gasteiger partial charge on any atom is -0.378 e. The van der Waals surface area contributed by atoms with Crippen LogP contribution in [-0.2, 0) is 14.8 Å². The smallest absolute Gasteiger partial charge is 0.215 e. The first kappa shape index (κ1) is 16.4. The second kappa shape index (κ2) is 7.22. The van der Waals surface area contributed by atoms with Gasteiger partial charge in [-0.15, -0.1) is 0 Å². The molecule has 6 heteroatoms. The van der Waals surface area contributed by atoms with Crippen molar-refractivity contribution in [2.24, 2.45) is 0 Å². The molecule has 0 aliphatic heterocycles. The van der Waals surface area contributed by atoms with Gasteiger partial charge in [-0.2, -0.15) is 9.98 Å². The zero-order valence-corrected chi connectivity index (χ0v) is 12.6. The van der Waals surface area contributed by atoms with E-state index in [1.165, 1.54) is 0 Å². The van der Waals surface area contributed by atoms with Crippen LogP contribution < -0.4 is 4.72 Å². The van der Waals surface area contributed by atoms with Gasteiger partial charge in [-0.05, 0) is 26.7 Å². The fourth-order valence-electron chi connectivity index (χ4n) is 2.31. The number of hydrogen-bond donors (Lipinski definition) is 1. The highest BCUT2D eigenvalue weighted by molar-refractivity contribution is 7.89. The third kappa shape index (κ3) is 5.89. The van der Waals surface area contributed by atoms with Gasteiger partial charge in [0, 0.05) is 0 Å². The van der Waals surface area contributed by atoms with E-state index in [-0.39, 0.29) is 18.5 Å². The van der Waals surface area contributed by atoms with Crippen LogP contribution >= 0.6 is 0 Å². The molecule has 19 heavy (non-hydrogen) atoms. The van der Waals surface area contributed by atoms with E-state index in [9.17, 15) is 13.7 Å². The summed E-state index contributed by atoms with van der Waals surface area (Å²) in [4.78, 5) is 0. The van der Waals surface area contributed by atoms with Gasteiger partial charge in [0.05, 0.1) is 24.5 Å². The molecule has 1 saturated carbocycles. The molecule has 5 nitrogen and oxygen atoms in total. The van der Waals surface area contributed by atoms with Crippen LogP contribution in [0.5, 0.6) is 0 Å². The lowest BCUT2D eigenvalue weighted by atomic mass is 9.94. The Morgan fingerprint density at radius 1 is 1.26 bits per heavy atom. The van der Waals surface area contributed by atoms with Crippen molar-refractivity contribution in [3.63, 3.8) is 0 Å². The van der Waals surface area contributed by atoms with Gasteiger partial charge in [0.2, 0.25) is 10.0 Å². The van der Waals surface area contributed by atoms with Gasteiger partial charge in [-0.3, -0.25) is 0 Å². The molecule has 0 aromatic heterocycles. The average Bonchev–Trinajstić information content (AvgIpc) is 2.54. The maximum atomic E-state index is 12.0. The van der Waals surface area contributed by atoms with E-state index in [4.69, 9.17) is 4.74 Å². The monoisotopic (exact) mass is 288 g/mol. The predicted octanol–water partition coefficient (Wildman–Crippen LogP) is 1.95. The highest BCUT2D eigenvalue weighted by Gasteiger charge is 2.34. The summed E-state index contributed by atoms with van der Waals surface area (Å²) in [5, 5.41) is 9.34. The van der Waals surface area contributed by atoms with E-state index >= 15 is 0 Å². The summed E-state index contributed by atoms with van der Waals surface area (Å²) in [6, 6.07) is 2.18. The molecule has 110 valence electrons. The Morgan fingerprint density at radius 3 is 2.32 bits per heavy atom. The number of nitrogens with zero attached hydrogens (tertiary/aromatic N) is 1. The lowest BCUT2D eigenvalue weighted by Crippen LogP contribution is -2.48. The molecule has 0 spiro atoms. The van der Waals surface area contributed by atoms with Gasteiger partial charge < -0.3 is 4.74 Å². The SMILES string of the molecule is CC(C)OCCS(=O)(=O)NC1(C#N)CCCCCC1. The fourth-order valence-corrected chi connectivity index (χ4v) is 3.57. The van der Waals surface area contributed by atoms with Gasteiger partial charge in [-0.25, -0.2) is 8.42 Å². The molecule has 0 atom stereocenters. The Kier molecular flexibility index (Phi) is 6.24. The summed E-state index contributed by atoms with van der Waals surface area (Å²) in [7, 11) is -3.46. The topological polar surface area (TPSA) is 79.2 Å². The van der Waals surface area contributed by atoms with Crippen LogP contribution in [-0.4, -0.2) is 32.4 Å². The molecule has 0 amide bonds. The van der Waals surface area contributed by atoms with Crippen LogP contribution in [0, 0.1) is 11.3 Å². The third-order valence-corrected chi connectivity index (χ3v) is 4.73. The van der Waals surface area contributed by atoms with E-state index in [0.29, 0.717) is 12.8 Å². The first-order valence-corrected chi connectivity index (χ1v) is 8.59. The number of hydrogen-bond acceptors (Lipinski definition) is 4. The normalized spacial score (nSPS) is 19.9. The molecule has 1 N–H and O–H groups in total. The lowest BCUT2D eigenvalue weighted by Gasteiger charge is -2.26. The minimum atomic E-state index is -3.46. The molecule has 0 bridgehead atoms. The summed E-state index contributed by atoms with van der Waals surface area (Å²) < 4.78 is 31.9. The molecule has 0 aromatic carbocycles. The van der Waals surface area contributed by atoms with Crippen molar-refractivity contribution in [2.45, 2.75) is 64.0 Å². The van der Waals surface area contributed by atoms with Crippen molar-refractivity contribution in [3.8, 4) is 6.07 Å². The van der Waals surface area contributed by atoms with Gasteiger partial charge in [0.1, 0.15) is 5.54 Å². The van der Waals surface area contributed by atoms with E-state index in [1.54, 1.807) is 0 Å². The maximum absolute atomic E-state index is 12.0. The van der Waals surface area contributed by atoms with Gasteiger partial charge in [0.15, 0.2) is 0 Å². The second-order valence-corrected chi connectivity index (χ2v) is 7.29. The molecule has 1 rings (SSSR count). The Hall–Kier alpha value is -0.640. The summed E-state index contributed by atoms with van der Waals surface area (Å²) in [6.45, 7) is 3.89. The van der Waals surface area contributed by atoms with Crippen LogP contribution in [0.3, 0.4) is 0 Å². The Morgan fingerprint density at radius 2 is 1.84 bits per heavy atom. The standard InChI is InChI=1S/C13H24N2O3S/c1-12(2)18-9-10-19(16,17)15-13(11-14)7-5-3-4-6-8-13/h12,15H,3-10H2,1-2H3. The fraction of sp³-hybridized carbons (Fsp3) is 0.923. The molecule has 1 aliphatic rings. The van der Waals surface area contributed by atoms with Crippen LogP contribution in [0.15, 0.2) is 0 Å². The van der Waals surface area contributed by atoms with Crippen molar-refractivity contribution in [3.05, 3.63) is 0 Å². The zero-order chi connectivity index (χ0) is 14.4. The van der Waals surface area contributed by atoms with Crippen LogP contribution in [0.4, 0.5) is 0 Å². The molecule has 0 radical (unpaired) electrons. The number of nitriles is 1. The Labute approximate surface area is 116 Å². The molecule has 0 unspecified atom stereocenters. The third-order valence-electron chi connectivity index (χ3n) is 3.33. The van der Waals surface area contributed by atoms with Gasteiger partial charge in [-0.1, -0.05) is 25.7 Å². The van der Waals surface area contributed by atoms with Crippen molar-refractivity contribution in [1.82, 2.24) is 4.72 Å².